The summed E-state index contributed by atoms with van der Waals surface area (Å²) in [6.07, 6.45) is 7.13. The Morgan fingerprint density at radius 2 is 1.67 bits per heavy atom. The number of hydrogen-bond acceptors (Lipinski definition) is 10. The number of allylic oxidation sites excluding steroid dienone is 3. The minimum atomic E-state index is -2.34. The lowest BCUT2D eigenvalue weighted by molar-refractivity contribution is -0.283. The molecule has 2 bridgehead atoms. The van der Waals surface area contributed by atoms with Crippen LogP contribution in [0.2, 0.25) is 0 Å². The third-order valence-corrected chi connectivity index (χ3v) is 13.3. The van der Waals surface area contributed by atoms with Gasteiger partial charge in [0.2, 0.25) is 5.79 Å². The van der Waals surface area contributed by atoms with Gasteiger partial charge in [0.25, 0.3) is 11.7 Å². The van der Waals surface area contributed by atoms with Crippen molar-refractivity contribution in [2.75, 3.05) is 13.7 Å². The zero-order chi connectivity index (χ0) is 40.8. The van der Waals surface area contributed by atoms with Gasteiger partial charge in [-0.1, -0.05) is 65.7 Å². The number of esters is 1. The lowest BCUT2D eigenvalue weighted by Crippen LogP contribution is -2.62. The number of methoxy groups -OCH3 is 1. The Morgan fingerprint density at radius 1 is 0.964 bits per heavy atom. The van der Waals surface area contributed by atoms with Crippen LogP contribution < -0.4 is 0 Å². The predicted octanol–water partition coefficient (Wildman–Crippen LogP) is 6.11. The van der Waals surface area contributed by atoms with Crippen molar-refractivity contribution in [1.82, 2.24) is 4.90 Å². The van der Waals surface area contributed by atoms with E-state index in [0.29, 0.717) is 50.5 Å². The molecule has 3 aliphatic heterocycles. The number of amides is 1. The average molecular weight is 774 g/mol. The Balaban J connectivity index is 1.75. The molecule has 0 aromatic rings. The SMILES string of the molecule is CC[C@H]1C[C@@H](C)C/C(C)=C/[C@@H](CC)C(=O)C[C@H](O)[C@@H](C)[C@@H](/C(C)=C/[C@@H]2CC[C@@H](O)[C@H](OC)C2)OC(=O)C2CCCCN2C(=O)C(=O)[C@]2(O)O[C@H]1[C@@H](C)C[C@H]2C. The van der Waals surface area contributed by atoms with Gasteiger partial charge in [0.15, 0.2) is 0 Å². The molecule has 0 spiro atoms. The molecule has 3 fully saturated rings. The van der Waals surface area contributed by atoms with Crippen LogP contribution in [0.15, 0.2) is 23.3 Å². The summed E-state index contributed by atoms with van der Waals surface area (Å²) in [5, 5.41) is 34.1. The lowest BCUT2D eigenvalue weighted by atomic mass is 9.75. The highest BCUT2D eigenvalue weighted by atomic mass is 16.6. The van der Waals surface area contributed by atoms with Gasteiger partial charge in [-0.2, -0.15) is 0 Å². The Kier molecular flexibility index (Phi) is 16.3. The van der Waals surface area contributed by atoms with Gasteiger partial charge in [0, 0.05) is 37.8 Å². The van der Waals surface area contributed by atoms with E-state index < -0.39 is 65.7 Å². The molecule has 1 amide bonds. The second-order valence-corrected chi connectivity index (χ2v) is 17.8. The normalized spacial score (nSPS) is 42.1. The smallest absolute Gasteiger partial charge is 0.329 e. The summed E-state index contributed by atoms with van der Waals surface area (Å²) in [5.74, 6) is -6.57. The number of hydrogen-bond donors (Lipinski definition) is 3. The van der Waals surface area contributed by atoms with Gasteiger partial charge >= 0.3 is 5.97 Å². The molecule has 55 heavy (non-hydrogen) atoms. The highest BCUT2D eigenvalue weighted by molar-refractivity contribution is 6.39. The Hall–Kier alpha value is -2.44. The van der Waals surface area contributed by atoms with Gasteiger partial charge in [0.1, 0.15) is 17.9 Å². The molecule has 2 saturated heterocycles. The van der Waals surface area contributed by atoms with Gasteiger partial charge in [-0.15, -0.1) is 0 Å². The second-order valence-electron chi connectivity index (χ2n) is 17.8. The topological polar surface area (TPSA) is 160 Å². The van der Waals surface area contributed by atoms with Gasteiger partial charge in [-0.3, -0.25) is 14.4 Å². The van der Waals surface area contributed by atoms with E-state index in [1.54, 1.807) is 21.0 Å². The van der Waals surface area contributed by atoms with Gasteiger partial charge in [-0.05, 0) is 107 Å². The molecule has 3 heterocycles. The standard InChI is InChI=1S/C44H71NO10/c1-10-32-19-25(3)18-26(4)20-33(11-2)40-27(5)21-29(7)44(52,55-40)41(49)42(50)45-17-13-12-14-34(45)43(51)54-39(30(8)36(47)24-37(32)48)28(6)22-31-15-16-35(46)38(23-31)53-9/h19,22,26-27,29-36,38-40,46-47,52H,10-18,20-21,23-24H2,1-9H3/b25-19+,28-22+/t26-,27-,29+,30+,31-,32+,33-,34?,35+,36-,38+,39+,40-,44+/m0/s1. The van der Waals surface area contributed by atoms with Gasteiger partial charge < -0.3 is 34.4 Å². The van der Waals surface area contributed by atoms with E-state index in [1.807, 2.05) is 32.9 Å². The van der Waals surface area contributed by atoms with Crippen LogP contribution in [0.4, 0.5) is 0 Å². The first-order chi connectivity index (χ1) is 25.9. The molecule has 14 atom stereocenters. The number of nitrogens with zero attached hydrogens (tertiary/aromatic N) is 1. The molecule has 4 aliphatic rings. The third-order valence-electron chi connectivity index (χ3n) is 13.3. The number of rotatable bonds is 5. The molecule has 0 aromatic carbocycles. The number of Topliss-reactive ketones (excluding diaryl/α,β-unsaturated/α-hetero) is 2. The molecule has 4 rings (SSSR count). The van der Waals surface area contributed by atoms with E-state index in [2.05, 4.69) is 20.8 Å². The molecule has 1 saturated carbocycles. The Bertz CT molecular complexity index is 1410. The van der Waals surface area contributed by atoms with E-state index in [9.17, 15) is 34.5 Å². The summed E-state index contributed by atoms with van der Waals surface area (Å²) in [4.78, 5) is 57.7. The Labute approximate surface area is 329 Å². The van der Waals surface area contributed by atoms with Crippen molar-refractivity contribution in [3.05, 3.63) is 23.3 Å². The van der Waals surface area contributed by atoms with E-state index in [4.69, 9.17) is 14.2 Å². The maximum Gasteiger partial charge on any atom is 0.329 e. The van der Waals surface area contributed by atoms with Crippen molar-refractivity contribution < 1.29 is 48.7 Å². The van der Waals surface area contributed by atoms with Crippen LogP contribution in [0, 0.1) is 41.4 Å². The molecule has 11 heteroatoms. The van der Waals surface area contributed by atoms with Crippen molar-refractivity contribution in [1.29, 1.82) is 0 Å². The largest absolute Gasteiger partial charge is 0.456 e. The molecule has 312 valence electrons. The number of aliphatic hydroxyl groups excluding tert-OH is 2. The van der Waals surface area contributed by atoms with Crippen molar-refractivity contribution in [3.63, 3.8) is 0 Å². The first-order valence-corrected chi connectivity index (χ1v) is 21.2. The average Bonchev–Trinajstić information content (AvgIpc) is 3.15. The summed E-state index contributed by atoms with van der Waals surface area (Å²) in [5.41, 5.74) is 1.77. The summed E-state index contributed by atoms with van der Waals surface area (Å²) in [6, 6.07) is -1.08. The number of cyclic esters (lactones) is 1. The monoisotopic (exact) mass is 774 g/mol. The summed E-state index contributed by atoms with van der Waals surface area (Å²) in [6.45, 7) is 15.8. The lowest BCUT2D eigenvalue weighted by Gasteiger charge is -2.47. The zero-order valence-electron chi connectivity index (χ0n) is 35.0. The first-order valence-electron chi connectivity index (χ1n) is 21.2. The molecule has 0 radical (unpaired) electrons. The van der Waals surface area contributed by atoms with Crippen molar-refractivity contribution in [2.24, 2.45) is 41.4 Å². The fourth-order valence-corrected chi connectivity index (χ4v) is 9.94. The van der Waals surface area contributed by atoms with Crippen molar-refractivity contribution >= 4 is 23.4 Å². The predicted molar refractivity (Wildman–Crippen MR) is 209 cm³/mol. The molecule has 0 aromatic heterocycles. The summed E-state index contributed by atoms with van der Waals surface area (Å²) >= 11 is 0. The number of piperidine rings is 1. The molecular formula is C44H71NO10. The number of carbonyl (C=O) groups excluding carboxylic acids is 4. The van der Waals surface area contributed by atoms with E-state index >= 15 is 0 Å². The van der Waals surface area contributed by atoms with Crippen LogP contribution in [0.5, 0.6) is 0 Å². The summed E-state index contributed by atoms with van der Waals surface area (Å²) < 4.78 is 18.2. The van der Waals surface area contributed by atoms with Crippen molar-refractivity contribution in [2.45, 2.75) is 175 Å². The number of fused-ring (bicyclic) bond motifs is 3. The first kappa shape index (κ1) is 45.3. The minimum absolute atomic E-state index is 0.0130. The third kappa shape index (κ3) is 10.7. The van der Waals surface area contributed by atoms with E-state index in [1.165, 1.54) is 4.90 Å². The number of ketones is 2. The molecule has 1 aliphatic carbocycles. The highest BCUT2D eigenvalue weighted by Crippen LogP contribution is 2.42. The fourth-order valence-electron chi connectivity index (χ4n) is 9.94. The number of ether oxygens (including phenoxy) is 3. The van der Waals surface area contributed by atoms with E-state index in [0.717, 1.165) is 24.8 Å². The quantitative estimate of drug-likeness (QED) is 0.169. The van der Waals surface area contributed by atoms with Crippen LogP contribution in [-0.4, -0.2) is 99.7 Å². The maximum atomic E-state index is 14.3. The van der Waals surface area contributed by atoms with Crippen LogP contribution in [0.1, 0.15) is 132 Å². The van der Waals surface area contributed by atoms with Crippen LogP contribution in [-0.2, 0) is 33.4 Å². The van der Waals surface area contributed by atoms with Crippen LogP contribution in [0.3, 0.4) is 0 Å². The molecular weight excluding hydrogens is 702 g/mol. The molecule has 11 nitrogen and oxygen atoms in total. The molecule has 1 unspecified atom stereocenters. The maximum absolute atomic E-state index is 14.3. The second kappa shape index (κ2) is 19.8. The number of carbonyl (C=O) groups is 4. The highest BCUT2D eigenvalue weighted by Gasteiger charge is 2.55. The fraction of sp³-hybridized carbons (Fsp3) is 0.818. The molecule has 3 N–H and O–H groups in total. The van der Waals surface area contributed by atoms with E-state index in [-0.39, 0.29) is 60.9 Å². The van der Waals surface area contributed by atoms with Crippen LogP contribution >= 0.6 is 0 Å². The minimum Gasteiger partial charge on any atom is -0.456 e. The van der Waals surface area contributed by atoms with Gasteiger partial charge in [0.05, 0.1) is 24.4 Å². The van der Waals surface area contributed by atoms with Crippen molar-refractivity contribution in [3.8, 4) is 0 Å². The number of aliphatic hydroxyl groups is 3. The summed E-state index contributed by atoms with van der Waals surface area (Å²) in [7, 11) is 1.57. The van der Waals surface area contributed by atoms with Gasteiger partial charge in [-0.25, -0.2) is 4.79 Å². The van der Waals surface area contributed by atoms with Crippen LogP contribution in [0.25, 0.3) is 0 Å². The Morgan fingerprint density at radius 3 is 2.33 bits per heavy atom. The zero-order valence-corrected chi connectivity index (χ0v) is 35.0.